The summed E-state index contributed by atoms with van der Waals surface area (Å²) < 4.78 is 147. The highest BCUT2D eigenvalue weighted by atomic mass is 19.3. The molecule has 2 saturated carbocycles. The molecule has 0 unspecified atom stereocenters. The van der Waals surface area contributed by atoms with E-state index in [2.05, 4.69) is 4.74 Å². The van der Waals surface area contributed by atoms with Crippen LogP contribution in [0.2, 0.25) is 0 Å². The highest BCUT2D eigenvalue weighted by Gasteiger charge is 2.67. The molecule has 0 amide bonds. The van der Waals surface area contributed by atoms with Gasteiger partial charge in [-0.2, -0.15) is 26.3 Å². The van der Waals surface area contributed by atoms with E-state index in [1.165, 1.54) is 0 Å². The van der Waals surface area contributed by atoms with Gasteiger partial charge in [-0.15, -0.1) is 0 Å². The van der Waals surface area contributed by atoms with Crippen LogP contribution in [0.5, 0.6) is 5.75 Å². The Bertz CT molecular complexity index is 848. The molecule has 0 heterocycles. The van der Waals surface area contributed by atoms with Crippen LogP contribution >= 0.6 is 0 Å². The van der Waals surface area contributed by atoms with Gasteiger partial charge in [0.25, 0.3) is 0 Å². The largest absolute Gasteiger partial charge is 0.432 e. The zero-order valence-corrected chi connectivity index (χ0v) is 19.1. The molecule has 2 aliphatic rings. The summed E-state index contributed by atoms with van der Waals surface area (Å²) in [6.45, 7) is 1.95. The molecule has 200 valence electrons. The van der Waals surface area contributed by atoms with E-state index < -0.39 is 84.3 Å². The zero-order chi connectivity index (χ0) is 26.2. The van der Waals surface area contributed by atoms with Crippen LogP contribution in [0.25, 0.3) is 0 Å². The van der Waals surface area contributed by atoms with Gasteiger partial charge in [-0.05, 0) is 57.3 Å². The Kier molecular flexibility index (Phi) is 7.97. The average Bonchev–Trinajstić information content (AvgIpc) is 2.78. The van der Waals surface area contributed by atoms with Crippen LogP contribution < -0.4 is 4.74 Å². The third-order valence-electron chi connectivity index (χ3n) is 7.52. The zero-order valence-electron chi connectivity index (χ0n) is 19.1. The second-order valence-electron chi connectivity index (χ2n) is 9.81. The fraction of sp³-hybridized carbons (Fsp3) is 0.750. The van der Waals surface area contributed by atoms with Crippen molar-refractivity contribution in [3.05, 3.63) is 29.6 Å². The summed E-state index contributed by atoms with van der Waals surface area (Å²) in [5.41, 5.74) is -3.55. The fourth-order valence-electron chi connectivity index (χ4n) is 5.33. The van der Waals surface area contributed by atoms with Gasteiger partial charge < -0.3 is 4.74 Å². The lowest BCUT2D eigenvalue weighted by molar-refractivity contribution is -0.295. The van der Waals surface area contributed by atoms with Gasteiger partial charge in [0.15, 0.2) is 17.5 Å². The van der Waals surface area contributed by atoms with Gasteiger partial charge in [-0.25, -0.2) is 17.6 Å². The molecular weight excluding hydrogens is 494 g/mol. The van der Waals surface area contributed by atoms with E-state index in [1.807, 2.05) is 6.92 Å². The summed E-state index contributed by atoms with van der Waals surface area (Å²) in [6, 6.07) is 0.177. The minimum Gasteiger partial charge on any atom is -0.430 e. The summed E-state index contributed by atoms with van der Waals surface area (Å²) in [4.78, 5) is 0. The van der Waals surface area contributed by atoms with Gasteiger partial charge in [0.2, 0.25) is 5.67 Å². The predicted molar refractivity (Wildman–Crippen MR) is 108 cm³/mol. The van der Waals surface area contributed by atoms with E-state index in [9.17, 15) is 39.5 Å². The van der Waals surface area contributed by atoms with Gasteiger partial charge in [0.05, 0.1) is 0 Å². The van der Waals surface area contributed by atoms with Crippen LogP contribution in [-0.4, -0.2) is 23.6 Å². The molecule has 35 heavy (non-hydrogen) atoms. The van der Waals surface area contributed by atoms with E-state index >= 15 is 4.39 Å². The predicted octanol–water partition coefficient (Wildman–Crippen LogP) is 8.85. The molecule has 0 atom stereocenters. The Morgan fingerprint density at radius 3 is 1.71 bits per heavy atom. The minimum absolute atomic E-state index is 0.0657. The first-order valence-electron chi connectivity index (χ1n) is 11.8. The van der Waals surface area contributed by atoms with Crippen molar-refractivity contribution in [1.82, 2.24) is 0 Å². The van der Waals surface area contributed by atoms with Crippen molar-refractivity contribution < 1.29 is 48.6 Å². The maximum Gasteiger partial charge on any atom is 0.432 e. The van der Waals surface area contributed by atoms with Crippen LogP contribution in [0.15, 0.2) is 12.1 Å². The Hall–Kier alpha value is -1.68. The van der Waals surface area contributed by atoms with Crippen LogP contribution in [0, 0.1) is 35.2 Å². The van der Waals surface area contributed by atoms with Crippen molar-refractivity contribution >= 4 is 0 Å². The smallest absolute Gasteiger partial charge is 0.430 e. The normalized spacial score (nSPS) is 28.7. The van der Waals surface area contributed by atoms with Crippen molar-refractivity contribution in [3.63, 3.8) is 0 Å². The second kappa shape index (κ2) is 10.00. The van der Waals surface area contributed by atoms with Gasteiger partial charge in [-0.3, -0.25) is 0 Å². The number of ether oxygens (including phenoxy) is 1. The molecule has 0 spiro atoms. The van der Waals surface area contributed by atoms with Crippen LogP contribution in [0.3, 0.4) is 0 Å². The number of alkyl halides is 7. The summed E-state index contributed by atoms with van der Waals surface area (Å²) in [5.74, 6) is -19.1. The highest BCUT2D eigenvalue weighted by molar-refractivity contribution is 5.26. The number of hydrogen-bond acceptors (Lipinski definition) is 1. The molecule has 2 fully saturated rings. The van der Waals surface area contributed by atoms with Crippen molar-refractivity contribution in [3.8, 4) is 5.75 Å². The van der Waals surface area contributed by atoms with Crippen molar-refractivity contribution in [2.24, 2.45) is 17.8 Å². The molecule has 1 aromatic carbocycles. The monoisotopic (exact) mass is 522 g/mol. The van der Waals surface area contributed by atoms with Gasteiger partial charge in [0.1, 0.15) is 5.75 Å². The molecular formula is C24H28F10O. The Morgan fingerprint density at radius 2 is 1.26 bits per heavy atom. The first-order valence-corrected chi connectivity index (χ1v) is 11.8. The molecule has 0 aliphatic heterocycles. The number of hydrogen-bond donors (Lipinski definition) is 0. The van der Waals surface area contributed by atoms with Gasteiger partial charge in [-0.1, -0.05) is 19.8 Å². The Balaban J connectivity index is 1.67. The fourth-order valence-corrected chi connectivity index (χ4v) is 5.33. The Morgan fingerprint density at radius 1 is 0.800 bits per heavy atom. The summed E-state index contributed by atoms with van der Waals surface area (Å²) in [5, 5.41) is 0. The van der Waals surface area contributed by atoms with E-state index in [-0.39, 0.29) is 30.9 Å². The van der Waals surface area contributed by atoms with Crippen molar-refractivity contribution in [2.45, 2.75) is 94.8 Å². The minimum atomic E-state index is -4.73. The van der Waals surface area contributed by atoms with Crippen molar-refractivity contribution in [1.29, 1.82) is 0 Å². The number of benzene rings is 1. The lowest BCUT2D eigenvalue weighted by Gasteiger charge is -2.44. The molecule has 3 rings (SSSR count). The standard InChI is InChI=1S/C24H28F10O/c1-2-3-14-4-6-15(7-5-14)22(29,30)23(31,32)16-8-10-21(28,11-9-16)24(33,34)35-17-12-18(25)20(27)19(26)13-17/h12-16H,2-11H2,1H3. The third kappa shape index (κ3) is 5.38. The molecule has 2 aliphatic carbocycles. The molecule has 11 heteroatoms. The lowest BCUT2D eigenvalue weighted by atomic mass is 9.70. The van der Waals surface area contributed by atoms with E-state index in [1.54, 1.807) is 0 Å². The first kappa shape index (κ1) is 27.9. The quantitative estimate of drug-likeness (QED) is 0.245. The summed E-state index contributed by atoms with van der Waals surface area (Å²) in [6.07, 6.45) is -6.72. The van der Waals surface area contributed by atoms with E-state index in [0.29, 0.717) is 12.8 Å². The maximum absolute atomic E-state index is 15.1. The molecule has 0 N–H and O–H groups in total. The molecule has 0 aromatic heterocycles. The SMILES string of the molecule is CCCC1CCC(C(F)(F)C(F)(F)C2CCC(F)(C(F)(F)Oc3cc(F)c(F)c(F)c3)CC2)CC1. The second-order valence-corrected chi connectivity index (χ2v) is 9.81. The first-order chi connectivity index (χ1) is 16.1. The van der Waals surface area contributed by atoms with Gasteiger partial charge in [0, 0.05) is 24.0 Å². The topological polar surface area (TPSA) is 9.23 Å². The summed E-state index contributed by atoms with van der Waals surface area (Å²) >= 11 is 0. The number of rotatable bonds is 8. The van der Waals surface area contributed by atoms with E-state index in [4.69, 9.17) is 0 Å². The van der Waals surface area contributed by atoms with Crippen LogP contribution in [0.1, 0.15) is 71.1 Å². The molecule has 1 nitrogen and oxygen atoms in total. The van der Waals surface area contributed by atoms with Crippen LogP contribution in [0.4, 0.5) is 43.9 Å². The third-order valence-corrected chi connectivity index (χ3v) is 7.52. The van der Waals surface area contributed by atoms with Gasteiger partial charge >= 0.3 is 18.0 Å². The molecule has 1 aromatic rings. The lowest BCUT2D eigenvalue weighted by Crippen LogP contribution is -2.56. The maximum atomic E-state index is 15.1. The van der Waals surface area contributed by atoms with E-state index in [0.717, 1.165) is 12.8 Å². The highest BCUT2D eigenvalue weighted by Crippen LogP contribution is 2.56. The van der Waals surface area contributed by atoms with Crippen LogP contribution in [-0.2, 0) is 0 Å². The average molecular weight is 522 g/mol. The summed E-state index contributed by atoms with van der Waals surface area (Å²) in [7, 11) is 0. The molecule has 0 bridgehead atoms. The molecule has 0 radical (unpaired) electrons. The number of halogens is 10. The molecule has 0 saturated heterocycles. The van der Waals surface area contributed by atoms with Crippen molar-refractivity contribution in [2.75, 3.05) is 0 Å². The Labute approximate surface area is 197 Å².